The smallest absolute Gasteiger partial charge is 0.248 e. The van der Waals surface area contributed by atoms with Crippen LogP contribution in [0.15, 0.2) is 0 Å². The molecule has 2 fully saturated rings. The quantitative estimate of drug-likeness (QED) is 0.655. The number of likely N-dealkylation sites (N-methyl/N-ethyl adjacent to an activating group) is 2. The van der Waals surface area contributed by atoms with Crippen molar-refractivity contribution in [2.24, 2.45) is 0 Å². The van der Waals surface area contributed by atoms with Gasteiger partial charge in [-0.25, -0.2) is 0 Å². The number of carbonyl (C=O) groups excluding carboxylic acids is 1. The van der Waals surface area contributed by atoms with Crippen LogP contribution in [-0.4, -0.2) is 98.9 Å². The molecule has 0 aromatic rings. The maximum Gasteiger partial charge on any atom is 0.248 e. The molecule has 1 aliphatic heterocycles. The SMILES string of the molecule is CCN(CC)CCN1CCO[C@H]2[C@H](OCC(=O)N(C)C)CC[C@@H]21. The number of nitrogens with zero attached hydrogens (tertiary/aromatic N) is 3. The average Bonchev–Trinajstić information content (AvgIpc) is 2.97. The third-order valence-electron chi connectivity index (χ3n) is 5.17. The molecule has 0 aromatic carbocycles. The molecule has 134 valence electrons. The van der Waals surface area contributed by atoms with Crippen molar-refractivity contribution >= 4 is 5.91 Å². The number of hydrogen-bond donors (Lipinski definition) is 0. The van der Waals surface area contributed by atoms with Crippen LogP contribution in [0.3, 0.4) is 0 Å². The van der Waals surface area contributed by atoms with Crippen molar-refractivity contribution in [3.63, 3.8) is 0 Å². The summed E-state index contributed by atoms with van der Waals surface area (Å²) in [5.74, 6) is 0.0163. The van der Waals surface area contributed by atoms with Gasteiger partial charge >= 0.3 is 0 Å². The zero-order chi connectivity index (χ0) is 16.8. The lowest BCUT2D eigenvalue weighted by Crippen LogP contribution is -2.53. The first-order valence-electron chi connectivity index (χ1n) is 8.96. The molecule has 1 amide bonds. The lowest BCUT2D eigenvalue weighted by atomic mass is 10.1. The van der Waals surface area contributed by atoms with E-state index >= 15 is 0 Å². The van der Waals surface area contributed by atoms with E-state index < -0.39 is 0 Å². The van der Waals surface area contributed by atoms with Gasteiger partial charge < -0.3 is 19.3 Å². The summed E-state index contributed by atoms with van der Waals surface area (Å²) in [6, 6.07) is 0.443. The van der Waals surface area contributed by atoms with Crippen LogP contribution in [-0.2, 0) is 14.3 Å². The Balaban J connectivity index is 1.83. The van der Waals surface area contributed by atoms with Gasteiger partial charge in [-0.15, -0.1) is 0 Å². The van der Waals surface area contributed by atoms with E-state index in [2.05, 4.69) is 23.6 Å². The largest absolute Gasteiger partial charge is 0.373 e. The number of ether oxygens (including phenoxy) is 2. The minimum Gasteiger partial charge on any atom is -0.373 e. The monoisotopic (exact) mass is 327 g/mol. The van der Waals surface area contributed by atoms with Gasteiger partial charge in [0.25, 0.3) is 0 Å². The molecular weight excluding hydrogens is 294 g/mol. The normalized spacial score (nSPS) is 28.1. The van der Waals surface area contributed by atoms with E-state index in [0.717, 1.165) is 52.2 Å². The molecule has 3 atom stereocenters. The van der Waals surface area contributed by atoms with Gasteiger partial charge in [-0.1, -0.05) is 13.8 Å². The van der Waals surface area contributed by atoms with E-state index in [0.29, 0.717) is 6.04 Å². The summed E-state index contributed by atoms with van der Waals surface area (Å²) in [6.45, 7) is 10.8. The summed E-state index contributed by atoms with van der Waals surface area (Å²) in [5.41, 5.74) is 0. The number of amides is 1. The van der Waals surface area contributed by atoms with Crippen molar-refractivity contribution in [2.45, 2.75) is 44.9 Å². The Morgan fingerprint density at radius 2 is 2.00 bits per heavy atom. The molecule has 0 spiro atoms. The zero-order valence-electron chi connectivity index (χ0n) is 15.2. The second-order valence-corrected chi connectivity index (χ2v) is 6.68. The van der Waals surface area contributed by atoms with Gasteiger partial charge in [-0.05, 0) is 25.9 Å². The third kappa shape index (κ3) is 4.89. The molecule has 1 saturated carbocycles. The Labute approximate surface area is 140 Å². The fourth-order valence-electron chi connectivity index (χ4n) is 3.56. The molecule has 1 heterocycles. The van der Waals surface area contributed by atoms with Crippen LogP contribution in [0.4, 0.5) is 0 Å². The molecule has 2 aliphatic rings. The van der Waals surface area contributed by atoms with Crippen LogP contribution in [0.1, 0.15) is 26.7 Å². The molecular formula is C17H33N3O3. The van der Waals surface area contributed by atoms with Crippen molar-refractivity contribution in [1.29, 1.82) is 0 Å². The van der Waals surface area contributed by atoms with E-state index in [1.165, 1.54) is 0 Å². The number of hydrogen-bond acceptors (Lipinski definition) is 5. The van der Waals surface area contributed by atoms with Gasteiger partial charge in [0.1, 0.15) is 6.61 Å². The summed E-state index contributed by atoms with van der Waals surface area (Å²) in [6.07, 6.45) is 2.26. The van der Waals surface area contributed by atoms with Gasteiger partial charge in [-0.2, -0.15) is 0 Å². The molecule has 6 nitrogen and oxygen atoms in total. The van der Waals surface area contributed by atoms with Crippen molar-refractivity contribution in [3.8, 4) is 0 Å². The van der Waals surface area contributed by atoms with Gasteiger partial charge in [0, 0.05) is 39.8 Å². The fourth-order valence-corrected chi connectivity index (χ4v) is 3.56. The number of rotatable bonds is 8. The Kier molecular flexibility index (Phi) is 7.27. The highest BCUT2D eigenvalue weighted by atomic mass is 16.5. The predicted molar refractivity (Wildman–Crippen MR) is 90.6 cm³/mol. The summed E-state index contributed by atoms with van der Waals surface area (Å²) in [5, 5.41) is 0. The van der Waals surface area contributed by atoms with E-state index in [9.17, 15) is 4.79 Å². The summed E-state index contributed by atoms with van der Waals surface area (Å²) >= 11 is 0. The average molecular weight is 327 g/mol. The lowest BCUT2D eigenvalue weighted by molar-refractivity contribution is -0.144. The van der Waals surface area contributed by atoms with Gasteiger partial charge in [0.2, 0.25) is 5.91 Å². The fraction of sp³-hybridized carbons (Fsp3) is 0.941. The first-order chi connectivity index (χ1) is 11.1. The molecule has 6 heteroatoms. The van der Waals surface area contributed by atoms with E-state index in [4.69, 9.17) is 9.47 Å². The summed E-state index contributed by atoms with van der Waals surface area (Å²) in [4.78, 5) is 18.3. The van der Waals surface area contributed by atoms with Gasteiger partial charge in [-0.3, -0.25) is 9.69 Å². The molecule has 0 bridgehead atoms. The van der Waals surface area contributed by atoms with E-state index in [1.807, 2.05) is 0 Å². The second kappa shape index (κ2) is 8.97. The van der Waals surface area contributed by atoms with Crippen LogP contribution in [0.2, 0.25) is 0 Å². The minimum atomic E-state index is 0.0163. The molecule has 1 saturated heterocycles. The first kappa shape index (κ1) is 18.6. The lowest BCUT2D eigenvalue weighted by Gasteiger charge is -2.39. The summed E-state index contributed by atoms with van der Waals surface area (Å²) in [7, 11) is 3.52. The van der Waals surface area contributed by atoms with Crippen LogP contribution >= 0.6 is 0 Å². The highest BCUT2D eigenvalue weighted by Crippen LogP contribution is 2.32. The maximum atomic E-state index is 11.7. The molecule has 23 heavy (non-hydrogen) atoms. The zero-order valence-corrected chi connectivity index (χ0v) is 15.2. The van der Waals surface area contributed by atoms with E-state index in [-0.39, 0.29) is 24.7 Å². The third-order valence-corrected chi connectivity index (χ3v) is 5.17. The highest BCUT2D eigenvalue weighted by Gasteiger charge is 2.43. The van der Waals surface area contributed by atoms with E-state index in [1.54, 1.807) is 19.0 Å². The number of morpholine rings is 1. The Hall–Kier alpha value is -0.690. The van der Waals surface area contributed by atoms with Crippen LogP contribution in [0.25, 0.3) is 0 Å². The standard InChI is InChI=1S/C17H33N3O3/c1-5-19(6-2)9-10-20-11-12-22-17-14(20)7-8-15(17)23-13-16(21)18(3)4/h14-15,17H,5-13H2,1-4H3/t14-,15+,17+/m0/s1. The number of carbonyl (C=O) groups is 1. The molecule has 2 rings (SSSR count). The van der Waals surface area contributed by atoms with Crippen molar-refractivity contribution in [1.82, 2.24) is 14.7 Å². The molecule has 0 aromatic heterocycles. The second-order valence-electron chi connectivity index (χ2n) is 6.68. The molecule has 0 unspecified atom stereocenters. The van der Waals surface area contributed by atoms with Crippen LogP contribution < -0.4 is 0 Å². The van der Waals surface area contributed by atoms with Gasteiger partial charge in [0.05, 0.1) is 18.8 Å². The van der Waals surface area contributed by atoms with Crippen LogP contribution in [0.5, 0.6) is 0 Å². The predicted octanol–water partition coefficient (Wildman–Crippen LogP) is 0.665. The first-order valence-corrected chi connectivity index (χ1v) is 8.96. The van der Waals surface area contributed by atoms with Crippen molar-refractivity contribution < 1.29 is 14.3 Å². The Bertz CT molecular complexity index is 374. The van der Waals surface area contributed by atoms with Crippen molar-refractivity contribution in [2.75, 3.05) is 60.0 Å². The molecule has 0 N–H and O–H groups in total. The molecule has 1 aliphatic carbocycles. The number of fused-ring (bicyclic) bond motifs is 1. The Morgan fingerprint density at radius 3 is 2.65 bits per heavy atom. The topological polar surface area (TPSA) is 45.3 Å². The highest BCUT2D eigenvalue weighted by molar-refractivity contribution is 5.76. The van der Waals surface area contributed by atoms with Gasteiger partial charge in [0.15, 0.2) is 0 Å². The summed E-state index contributed by atoms with van der Waals surface area (Å²) < 4.78 is 11.9. The van der Waals surface area contributed by atoms with Crippen LogP contribution in [0, 0.1) is 0 Å². The molecule has 0 radical (unpaired) electrons. The minimum absolute atomic E-state index is 0.0163. The van der Waals surface area contributed by atoms with Crippen molar-refractivity contribution in [3.05, 3.63) is 0 Å². The Morgan fingerprint density at radius 1 is 1.26 bits per heavy atom. The maximum absolute atomic E-state index is 11.7.